The Labute approximate surface area is 208 Å². The van der Waals surface area contributed by atoms with Gasteiger partial charge in [-0.15, -0.1) is 0 Å². The first kappa shape index (κ1) is 24.6. The van der Waals surface area contributed by atoms with Gasteiger partial charge in [-0.05, 0) is 72.2 Å². The highest BCUT2D eigenvalue weighted by molar-refractivity contribution is 6.10. The van der Waals surface area contributed by atoms with Crippen LogP contribution in [-0.2, 0) is 15.0 Å². The molecule has 4 heteroatoms. The van der Waals surface area contributed by atoms with Crippen molar-refractivity contribution in [3.05, 3.63) is 94.0 Å². The van der Waals surface area contributed by atoms with E-state index in [0.29, 0.717) is 5.71 Å². The molecule has 0 atom stereocenters. The molecule has 0 spiro atoms. The van der Waals surface area contributed by atoms with Crippen LogP contribution in [0.15, 0.2) is 65.8 Å². The van der Waals surface area contributed by atoms with E-state index in [9.17, 15) is 9.59 Å². The molecule has 0 fully saturated rings. The summed E-state index contributed by atoms with van der Waals surface area (Å²) in [4.78, 5) is 29.6. The number of rotatable bonds is 8. The van der Waals surface area contributed by atoms with Crippen molar-refractivity contribution in [1.82, 2.24) is 0 Å². The SMILES string of the molecule is CCCC1(CCC)c2ccc(C(C)=NOC(C)=O)cc2-c2ccc(C(=O)c3ccccc3C)cc21. The molecule has 0 bridgehead atoms. The van der Waals surface area contributed by atoms with Crippen LogP contribution in [0.5, 0.6) is 0 Å². The first-order chi connectivity index (χ1) is 16.8. The van der Waals surface area contributed by atoms with Crippen molar-refractivity contribution < 1.29 is 14.4 Å². The minimum absolute atomic E-state index is 0.0637. The second-order valence-electron chi connectivity index (χ2n) is 9.51. The van der Waals surface area contributed by atoms with E-state index in [4.69, 9.17) is 4.84 Å². The van der Waals surface area contributed by atoms with Crippen molar-refractivity contribution in [1.29, 1.82) is 0 Å². The average Bonchev–Trinajstić information content (AvgIpc) is 3.11. The maximum Gasteiger partial charge on any atom is 0.331 e. The van der Waals surface area contributed by atoms with Gasteiger partial charge in [-0.25, -0.2) is 4.79 Å². The molecule has 1 aliphatic rings. The topological polar surface area (TPSA) is 55.7 Å². The number of nitrogens with zero attached hydrogens (tertiary/aromatic N) is 1. The Balaban J connectivity index is 1.88. The van der Waals surface area contributed by atoms with E-state index in [0.717, 1.165) is 47.9 Å². The zero-order chi connectivity index (χ0) is 25.2. The molecule has 0 unspecified atom stereocenters. The van der Waals surface area contributed by atoms with E-state index in [1.807, 2.05) is 44.2 Å². The number of oxime groups is 1. The van der Waals surface area contributed by atoms with Gasteiger partial charge in [-0.1, -0.05) is 80.4 Å². The molecule has 35 heavy (non-hydrogen) atoms. The van der Waals surface area contributed by atoms with Crippen molar-refractivity contribution in [2.24, 2.45) is 5.16 Å². The minimum Gasteiger partial charge on any atom is -0.318 e. The van der Waals surface area contributed by atoms with Gasteiger partial charge < -0.3 is 4.84 Å². The Hall–Kier alpha value is -3.53. The summed E-state index contributed by atoms with van der Waals surface area (Å²) < 4.78 is 0. The number of carbonyl (C=O) groups is 2. The van der Waals surface area contributed by atoms with Crippen molar-refractivity contribution >= 4 is 17.5 Å². The Kier molecular flexibility index (Phi) is 7.02. The number of carbonyl (C=O) groups excluding carboxylic acids is 2. The molecule has 0 aliphatic heterocycles. The molecule has 4 rings (SSSR count). The lowest BCUT2D eigenvalue weighted by Crippen LogP contribution is -2.25. The summed E-state index contributed by atoms with van der Waals surface area (Å²) in [6.45, 7) is 9.62. The van der Waals surface area contributed by atoms with Gasteiger partial charge in [0.2, 0.25) is 0 Å². The Morgan fingerprint density at radius 3 is 2.17 bits per heavy atom. The Bertz CT molecular complexity index is 1310. The lowest BCUT2D eigenvalue weighted by Gasteiger charge is -2.32. The molecule has 0 aromatic heterocycles. The number of benzene rings is 3. The van der Waals surface area contributed by atoms with E-state index in [1.165, 1.54) is 29.2 Å². The fourth-order valence-electron chi connectivity index (χ4n) is 5.56. The lowest BCUT2D eigenvalue weighted by atomic mass is 9.71. The van der Waals surface area contributed by atoms with E-state index in [1.54, 1.807) is 0 Å². The monoisotopic (exact) mass is 467 g/mol. The molecule has 3 aromatic rings. The fraction of sp³-hybridized carbons (Fsp3) is 0.323. The largest absolute Gasteiger partial charge is 0.331 e. The lowest BCUT2D eigenvalue weighted by molar-refractivity contribution is -0.140. The molecule has 0 heterocycles. The summed E-state index contributed by atoms with van der Waals surface area (Å²) in [7, 11) is 0. The number of fused-ring (bicyclic) bond motifs is 3. The van der Waals surface area contributed by atoms with Gasteiger partial charge in [-0.3, -0.25) is 4.79 Å². The molecule has 0 N–H and O–H groups in total. The summed E-state index contributed by atoms with van der Waals surface area (Å²) in [5.74, 6) is -0.375. The van der Waals surface area contributed by atoms with Crippen LogP contribution in [0, 0.1) is 6.92 Å². The number of hydrogen-bond acceptors (Lipinski definition) is 4. The van der Waals surface area contributed by atoms with Crippen LogP contribution >= 0.6 is 0 Å². The van der Waals surface area contributed by atoms with Gasteiger partial charge in [0.25, 0.3) is 0 Å². The fourth-order valence-corrected chi connectivity index (χ4v) is 5.56. The zero-order valence-corrected chi connectivity index (χ0v) is 21.3. The van der Waals surface area contributed by atoms with Gasteiger partial charge >= 0.3 is 5.97 Å². The van der Waals surface area contributed by atoms with E-state index >= 15 is 0 Å². The van der Waals surface area contributed by atoms with Gasteiger partial charge in [0.1, 0.15) is 0 Å². The van der Waals surface area contributed by atoms with Gasteiger partial charge in [0.05, 0.1) is 5.71 Å². The van der Waals surface area contributed by atoms with Crippen molar-refractivity contribution in [2.75, 3.05) is 0 Å². The van der Waals surface area contributed by atoms with Crippen LogP contribution < -0.4 is 0 Å². The first-order valence-electron chi connectivity index (χ1n) is 12.4. The molecule has 0 saturated carbocycles. The number of ketones is 1. The van der Waals surface area contributed by atoms with Crippen LogP contribution in [0.2, 0.25) is 0 Å². The second kappa shape index (κ2) is 9.99. The molecule has 0 saturated heterocycles. The normalized spacial score (nSPS) is 13.8. The van der Waals surface area contributed by atoms with Crippen LogP contribution in [0.25, 0.3) is 11.1 Å². The molecule has 0 radical (unpaired) electrons. The summed E-state index contributed by atoms with van der Waals surface area (Å²) in [5.41, 5.74) is 8.80. The third-order valence-electron chi connectivity index (χ3n) is 7.09. The summed E-state index contributed by atoms with van der Waals surface area (Å²) in [5, 5.41) is 3.99. The maximum atomic E-state index is 13.5. The van der Waals surface area contributed by atoms with Crippen molar-refractivity contribution in [3.8, 4) is 11.1 Å². The van der Waals surface area contributed by atoms with Crippen LogP contribution in [0.1, 0.15) is 91.6 Å². The van der Waals surface area contributed by atoms with Crippen molar-refractivity contribution in [3.63, 3.8) is 0 Å². The Morgan fingerprint density at radius 1 is 0.829 bits per heavy atom. The molecule has 180 valence electrons. The zero-order valence-electron chi connectivity index (χ0n) is 21.3. The highest BCUT2D eigenvalue weighted by Crippen LogP contribution is 2.54. The average molecular weight is 468 g/mol. The number of aryl methyl sites for hydroxylation is 1. The van der Waals surface area contributed by atoms with Crippen LogP contribution in [0.4, 0.5) is 0 Å². The predicted molar refractivity (Wildman–Crippen MR) is 141 cm³/mol. The third-order valence-corrected chi connectivity index (χ3v) is 7.09. The molecular formula is C31H33NO3. The van der Waals surface area contributed by atoms with Crippen LogP contribution in [0.3, 0.4) is 0 Å². The van der Waals surface area contributed by atoms with E-state index in [-0.39, 0.29) is 11.2 Å². The standard InChI is InChI=1S/C31H33NO3/c1-6-16-31(17-7-2)28-15-13-23(21(4)32-35-22(5)33)18-27(28)26-14-12-24(19-29(26)31)30(34)25-11-9-8-10-20(25)3/h8-15,18-19H,6-7,16-17H2,1-5H3. The van der Waals surface area contributed by atoms with Gasteiger partial charge in [-0.2, -0.15) is 0 Å². The Morgan fingerprint density at radius 2 is 1.51 bits per heavy atom. The first-order valence-corrected chi connectivity index (χ1v) is 12.4. The summed E-state index contributed by atoms with van der Waals surface area (Å²) in [6, 6.07) is 20.4. The molecule has 4 nitrogen and oxygen atoms in total. The third kappa shape index (κ3) is 4.45. The highest BCUT2D eigenvalue weighted by Gasteiger charge is 2.42. The maximum absolute atomic E-state index is 13.5. The van der Waals surface area contributed by atoms with Gasteiger partial charge in [0.15, 0.2) is 5.78 Å². The predicted octanol–water partition coefficient (Wildman–Crippen LogP) is 7.38. The molecular weight excluding hydrogens is 434 g/mol. The number of hydrogen-bond donors (Lipinski definition) is 0. The summed E-state index contributed by atoms with van der Waals surface area (Å²) in [6.07, 6.45) is 4.12. The second-order valence-corrected chi connectivity index (χ2v) is 9.51. The smallest absolute Gasteiger partial charge is 0.318 e. The van der Waals surface area contributed by atoms with Crippen molar-refractivity contribution in [2.45, 2.75) is 65.7 Å². The highest BCUT2D eigenvalue weighted by atomic mass is 16.7. The molecule has 1 aliphatic carbocycles. The van der Waals surface area contributed by atoms with Crippen LogP contribution in [-0.4, -0.2) is 17.5 Å². The minimum atomic E-state index is -0.438. The van der Waals surface area contributed by atoms with E-state index in [2.05, 4.69) is 49.3 Å². The molecule has 3 aromatic carbocycles. The summed E-state index contributed by atoms with van der Waals surface area (Å²) >= 11 is 0. The van der Waals surface area contributed by atoms with Gasteiger partial charge in [0, 0.05) is 23.5 Å². The molecule has 0 amide bonds. The van der Waals surface area contributed by atoms with E-state index < -0.39 is 5.97 Å². The quantitative estimate of drug-likeness (QED) is 0.150.